The molecule has 22 heavy (non-hydrogen) atoms. The average Bonchev–Trinajstić information content (AvgIpc) is 3.08. The summed E-state index contributed by atoms with van der Waals surface area (Å²) in [4.78, 5) is 20.0. The van der Waals surface area contributed by atoms with E-state index < -0.39 is 17.1 Å². The number of thiazole rings is 1. The molecule has 1 aliphatic rings. The number of benzene rings is 1. The van der Waals surface area contributed by atoms with Crippen molar-refractivity contribution >= 4 is 44.3 Å². The zero-order chi connectivity index (χ0) is 15.9. The van der Waals surface area contributed by atoms with Crippen LogP contribution in [0.4, 0.5) is 0 Å². The summed E-state index contributed by atoms with van der Waals surface area (Å²) < 4.78 is 11.3. The third-order valence-electron chi connectivity index (χ3n) is 3.18. The van der Waals surface area contributed by atoms with Gasteiger partial charge in [0.25, 0.3) is 5.12 Å². The van der Waals surface area contributed by atoms with Crippen molar-refractivity contribution in [1.82, 2.24) is 4.98 Å². The zero-order valence-electron chi connectivity index (χ0n) is 11.6. The number of hydrogen-bond donors (Lipinski definition) is 2. The number of thioether (sulfide) groups is 1. The lowest BCUT2D eigenvalue weighted by atomic mass is 10.3. The molecular formula is C13H12N2O5S2. The number of fused-ring (bicyclic) bond motifs is 1. The van der Waals surface area contributed by atoms with Crippen LogP contribution in [-0.2, 0) is 14.3 Å². The molecule has 3 rings (SSSR count). The van der Waals surface area contributed by atoms with E-state index in [-0.39, 0.29) is 5.75 Å². The lowest BCUT2D eigenvalue weighted by Gasteiger charge is -2.27. The van der Waals surface area contributed by atoms with E-state index >= 15 is 0 Å². The minimum atomic E-state index is -1.40. The van der Waals surface area contributed by atoms with Crippen LogP contribution in [0, 0.1) is 0 Å². The maximum absolute atomic E-state index is 11.4. The van der Waals surface area contributed by atoms with Crippen LogP contribution in [0.3, 0.4) is 0 Å². The van der Waals surface area contributed by atoms with Crippen molar-refractivity contribution in [2.75, 3.05) is 14.2 Å². The number of aliphatic imine (C=N–C) groups is 1. The summed E-state index contributed by atoms with van der Waals surface area (Å²) >= 11 is 2.39. The van der Waals surface area contributed by atoms with Gasteiger partial charge in [0, 0.05) is 14.2 Å². The highest BCUT2D eigenvalue weighted by Gasteiger charge is 2.52. The molecule has 1 aliphatic heterocycles. The molecule has 0 radical (unpaired) electrons. The summed E-state index contributed by atoms with van der Waals surface area (Å²) in [6.07, 6.45) is 0. The predicted molar refractivity (Wildman–Crippen MR) is 83.6 cm³/mol. The van der Waals surface area contributed by atoms with Crippen molar-refractivity contribution in [3.05, 3.63) is 23.2 Å². The van der Waals surface area contributed by atoms with E-state index in [0.717, 1.165) is 16.5 Å². The number of rotatable bonds is 4. The molecule has 1 aromatic heterocycles. The van der Waals surface area contributed by atoms with E-state index in [0.29, 0.717) is 15.6 Å². The number of phenols is 1. The van der Waals surface area contributed by atoms with Crippen molar-refractivity contribution in [3.63, 3.8) is 0 Å². The standard InChI is InChI=1S/C13H12N2O5S2/c1-19-13(20-2)9(12(17)18)15-11(22-13)10-14-7-4-3-6(16)5-8(7)21-10/h3-5,9,16H,1-2H3,(H,17,18)/t9-/m0/s1. The van der Waals surface area contributed by atoms with Gasteiger partial charge in [-0.05, 0) is 30.0 Å². The fourth-order valence-electron chi connectivity index (χ4n) is 2.11. The van der Waals surface area contributed by atoms with Gasteiger partial charge in [-0.25, -0.2) is 9.78 Å². The van der Waals surface area contributed by atoms with E-state index in [1.165, 1.54) is 25.6 Å². The van der Waals surface area contributed by atoms with E-state index in [1.807, 2.05) is 0 Å². The van der Waals surface area contributed by atoms with Crippen molar-refractivity contribution in [2.45, 2.75) is 11.2 Å². The van der Waals surface area contributed by atoms with Gasteiger partial charge < -0.3 is 19.7 Å². The number of phenolic OH excluding ortho intramolecular Hbond substituents is 1. The number of ether oxygens (including phenoxy) is 2. The number of methoxy groups -OCH3 is 2. The number of carboxylic acids is 1. The van der Waals surface area contributed by atoms with Gasteiger partial charge in [0.05, 0.1) is 10.2 Å². The van der Waals surface area contributed by atoms with E-state index in [1.54, 1.807) is 18.2 Å². The number of nitrogens with zero attached hydrogens (tertiary/aromatic N) is 2. The van der Waals surface area contributed by atoms with Gasteiger partial charge in [-0.3, -0.25) is 4.99 Å². The van der Waals surface area contributed by atoms with Crippen LogP contribution in [0.1, 0.15) is 5.01 Å². The number of hydrogen-bond acceptors (Lipinski definition) is 8. The molecule has 0 fully saturated rings. The highest BCUT2D eigenvalue weighted by molar-refractivity contribution is 8.16. The van der Waals surface area contributed by atoms with Crippen LogP contribution in [-0.4, -0.2) is 51.6 Å². The molecule has 2 heterocycles. The Morgan fingerprint density at radius 3 is 2.68 bits per heavy atom. The van der Waals surface area contributed by atoms with Gasteiger partial charge >= 0.3 is 5.97 Å². The van der Waals surface area contributed by atoms with Crippen LogP contribution in [0.2, 0.25) is 0 Å². The lowest BCUT2D eigenvalue weighted by molar-refractivity contribution is -0.169. The maximum Gasteiger partial charge on any atom is 0.335 e. The second kappa shape index (κ2) is 5.51. The molecule has 1 atom stereocenters. The average molecular weight is 340 g/mol. The fourth-order valence-corrected chi connectivity index (χ4v) is 4.25. The summed E-state index contributed by atoms with van der Waals surface area (Å²) in [5.41, 5.74) is 0.709. The Labute approximate surface area is 133 Å². The Hall–Kier alpha value is -1.68. The highest BCUT2D eigenvalue weighted by atomic mass is 32.2. The molecule has 0 unspecified atom stereocenters. The first-order chi connectivity index (χ1) is 10.5. The third-order valence-corrected chi connectivity index (χ3v) is 5.67. The number of carboxylic acid groups (broad SMARTS) is 1. The zero-order valence-corrected chi connectivity index (χ0v) is 13.3. The van der Waals surface area contributed by atoms with Crippen molar-refractivity contribution in [2.24, 2.45) is 4.99 Å². The van der Waals surface area contributed by atoms with E-state index in [9.17, 15) is 15.0 Å². The first-order valence-electron chi connectivity index (χ1n) is 6.19. The Morgan fingerprint density at radius 1 is 1.36 bits per heavy atom. The SMILES string of the molecule is COC1(OC)SC(c2nc3ccc(O)cc3s2)=N[C@H]1C(=O)O. The number of aliphatic carboxylic acids is 1. The van der Waals surface area contributed by atoms with E-state index in [4.69, 9.17) is 9.47 Å². The maximum atomic E-state index is 11.4. The van der Waals surface area contributed by atoms with Crippen LogP contribution >= 0.6 is 23.1 Å². The summed E-state index contributed by atoms with van der Waals surface area (Å²) in [6, 6.07) is 3.66. The van der Waals surface area contributed by atoms with Gasteiger partial charge in [0.1, 0.15) is 15.8 Å². The normalized spacial score (nSPS) is 20.3. The molecule has 0 saturated heterocycles. The molecule has 0 aliphatic carbocycles. The Kier molecular flexibility index (Phi) is 3.81. The van der Waals surface area contributed by atoms with Crippen LogP contribution in [0.25, 0.3) is 10.2 Å². The lowest BCUT2D eigenvalue weighted by Crippen LogP contribution is -2.43. The molecule has 2 aromatic rings. The third kappa shape index (κ3) is 2.35. The predicted octanol–water partition coefficient (Wildman–Crippen LogP) is 1.90. The summed E-state index contributed by atoms with van der Waals surface area (Å²) in [6.45, 7) is 0. The molecule has 2 N–H and O–H groups in total. The van der Waals surface area contributed by atoms with Crippen molar-refractivity contribution in [1.29, 1.82) is 0 Å². The van der Waals surface area contributed by atoms with Crippen LogP contribution in [0.15, 0.2) is 23.2 Å². The summed E-state index contributed by atoms with van der Waals surface area (Å²) in [5, 5.41) is 18.4. The quantitative estimate of drug-likeness (QED) is 0.820. The van der Waals surface area contributed by atoms with Crippen molar-refractivity contribution < 1.29 is 24.5 Å². The Morgan fingerprint density at radius 2 is 2.09 bits per heavy atom. The first kappa shape index (κ1) is 15.2. The smallest absolute Gasteiger partial charge is 0.335 e. The molecular weight excluding hydrogens is 328 g/mol. The monoisotopic (exact) mass is 340 g/mol. The first-order valence-corrected chi connectivity index (χ1v) is 7.82. The van der Waals surface area contributed by atoms with Gasteiger partial charge in [-0.15, -0.1) is 11.3 Å². The van der Waals surface area contributed by atoms with Gasteiger partial charge in [-0.2, -0.15) is 0 Å². The molecule has 1 aromatic carbocycles. The number of carbonyl (C=O) groups is 1. The largest absolute Gasteiger partial charge is 0.508 e. The topological polar surface area (TPSA) is 101 Å². The fraction of sp³-hybridized carbons (Fsp3) is 0.308. The minimum absolute atomic E-state index is 0.148. The van der Waals surface area contributed by atoms with Crippen LogP contribution in [0.5, 0.6) is 5.75 Å². The van der Waals surface area contributed by atoms with Gasteiger partial charge in [0.2, 0.25) is 6.04 Å². The molecule has 7 nitrogen and oxygen atoms in total. The minimum Gasteiger partial charge on any atom is -0.508 e. The highest BCUT2D eigenvalue weighted by Crippen LogP contribution is 2.43. The number of aromatic hydroxyl groups is 1. The Bertz CT molecular complexity index is 769. The second-order valence-electron chi connectivity index (χ2n) is 4.46. The molecule has 0 amide bonds. The summed E-state index contributed by atoms with van der Waals surface area (Å²) in [7, 11) is 2.75. The molecule has 0 saturated carbocycles. The molecule has 116 valence electrons. The van der Waals surface area contributed by atoms with Gasteiger partial charge in [-0.1, -0.05) is 0 Å². The van der Waals surface area contributed by atoms with Crippen LogP contribution < -0.4 is 0 Å². The second-order valence-corrected chi connectivity index (χ2v) is 6.65. The van der Waals surface area contributed by atoms with Gasteiger partial charge in [0.15, 0.2) is 0 Å². The van der Waals surface area contributed by atoms with E-state index in [2.05, 4.69) is 9.98 Å². The Balaban J connectivity index is 2.03. The molecule has 0 bridgehead atoms. The number of aromatic nitrogens is 1. The summed E-state index contributed by atoms with van der Waals surface area (Å²) in [5.74, 6) is -0.986. The molecule has 0 spiro atoms. The molecule has 9 heteroatoms. The van der Waals surface area contributed by atoms with Crippen molar-refractivity contribution in [3.8, 4) is 5.75 Å².